The predicted octanol–water partition coefficient (Wildman–Crippen LogP) is 3.67. The van der Waals surface area contributed by atoms with Crippen LogP contribution in [0.15, 0.2) is 30.3 Å². The van der Waals surface area contributed by atoms with Crippen molar-refractivity contribution in [2.75, 3.05) is 13.1 Å². The van der Waals surface area contributed by atoms with Crippen LogP contribution in [0, 0.1) is 17.8 Å². The Morgan fingerprint density at radius 1 is 1.17 bits per heavy atom. The van der Waals surface area contributed by atoms with Gasteiger partial charge in [-0.1, -0.05) is 69.4 Å². The topological polar surface area (TPSA) is 41.1 Å². The van der Waals surface area contributed by atoms with Gasteiger partial charge in [-0.3, -0.25) is 4.79 Å². The number of benzene rings is 1. The lowest BCUT2D eigenvalue weighted by Gasteiger charge is -2.33. The van der Waals surface area contributed by atoms with E-state index in [1.807, 2.05) is 6.07 Å². The van der Waals surface area contributed by atoms with Gasteiger partial charge in [0.05, 0.1) is 6.04 Å². The van der Waals surface area contributed by atoms with Crippen LogP contribution in [0.3, 0.4) is 0 Å². The fourth-order valence-corrected chi connectivity index (χ4v) is 3.90. The van der Waals surface area contributed by atoms with Gasteiger partial charge in [-0.2, -0.15) is 0 Å². The first-order valence-electron chi connectivity index (χ1n) is 9.30. The second kappa shape index (κ2) is 7.96. The second-order valence-electron chi connectivity index (χ2n) is 7.42. The Morgan fingerprint density at radius 2 is 1.87 bits per heavy atom. The van der Waals surface area contributed by atoms with Crippen molar-refractivity contribution in [2.45, 2.75) is 51.5 Å². The molecule has 1 heterocycles. The van der Waals surface area contributed by atoms with Crippen molar-refractivity contribution in [2.24, 2.45) is 17.8 Å². The molecule has 23 heavy (non-hydrogen) atoms. The molecule has 0 aromatic heterocycles. The summed E-state index contributed by atoms with van der Waals surface area (Å²) < 4.78 is 0. The van der Waals surface area contributed by atoms with Crippen molar-refractivity contribution < 1.29 is 4.79 Å². The quantitative estimate of drug-likeness (QED) is 0.841. The average molecular weight is 314 g/mol. The van der Waals surface area contributed by atoms with E-state index in [2.05, 4.69) is 41.8 Å². The molecule has 2 atom stereocenters. The molecule has 1 aromatic rings. The number of nitrogens with one attached hydrogen (secondary N) is 2. The number of rotatable bonds is 6. The molecule has 1 aliphatic carbocycles. The average Bonchev–Trinajstić information content (AvgIpc) is 2.54. The van der Waals surface area contributed by atoms with E-state index in [0.717, 1.165) is 25.4 Å². The molecule has 126 valence electrons. The lowest BCUT2D eigenvalue weighted by molar-refractivity contribution is -0.127. The van der Waals surface area contributed by atoms with Gasteiger partial charge in [0.25, 0.3) is 0 Å². The molecule has 0 spiro atoms. The third-order valence-corrected chi connectivity index (χ3v) is 5.75. The molecule has 2 N–H and O–H groups in total. The number of amides is 1. The fraction of sp³-hybridized carbons (Fsp3) is 0.650. The highest BCUT2D eigenvalue weighted by Crippen LogP contribution is 2.32. The first-order valence-corrected chi connectivity index (χ1v) is 9.30. The van der Waals surface area contributed by atoms with E-state index in [4.69, 9.17) is 0 Å². The van der Waals surface area contributed by atoms with Gasteiger partial charge < -0.3 is 10.6 Å². The zero-order valence-electron chi connectivity index (χ0n) is 14.3. The highest BCUT2D eigenvalue weighted by atomic mass is 16.1. The fourth-order valence-electron chi connectivity index (χ4n) is 3.90. The molecule has 0 bridgehead atoms. The summed E-state index contributed by atoms with van der Waals surface area (Å²) in [5, 5.41) is 6.63. The van der Waals surface area contributed by atoms with Crippen molar-refractivity contribution in [3.05, 3.63) is 35.9 Å². The third-order valence-electron chi connectivity index (χ3n) is 5.75. The minimum Gasteiger partial charge on any atom is -0.349 e. The minimum absolute atomic E-state index is 0.105. The summed E-state index contributed by atoms with van der Waals surface area (Å²) >= 11 is 0. The molecule has 3 heteroatoms. The van der Waals surface area contributed by atoms with Crippen molar-refractivity contribution in [3.63, 3.8) is 0 Å². The van der Waals surface area contributed by atoms with Gasteiger partial charge in [-0.25, -0.2) is 0 Å². The van der Waals surface area contributed by atoms with Crippen LogP contribution in [-0.4, -0.2) is 19.0 Å². The Balaban J connectivity index is 1.65. The Labute approximate surface area is 140 Å². The third kappa shape index (κ3) is 4.35. The molecule has 1 amide bonds. The van der Waals surface area contributed by atoms with Crippen LogP contribution < -0.4 is 10.6 Å². The van der Waals surface area contributed by atoms with Gasteiger partial charge in [0.1, 0.15) is 0 Å². The summed E-state index contributed by atoms with van der Waals surface area (Å²) in [6.45, 7) is 4.03. The van der Waals surface area contributed by atoms with Crippen molar-refractivity contribution in [1.82, 2.24) is 10.6 Å². The molecule has 0 radical (unpaired) electrons. The number of hydrogen-bond acceptors (Lipinski definition) is 2. The van der Waals surface area contributed by atoms with Gasteiger partial charge in [-0.05, 0) is 36.9 Å². The summed E-state index contributed by atoms with van der Waals surface area (Å²) in [6.07, 6.45) is 7.81. The second-order valence-corrected chi connectivity index (χ2v) is 7.42. The summed E-state index contributed by atoms with van der Waals surface area (Å²) in [5.41, 5.74) is 1.25. The maximum atomic E-state index is 12.7. The Kier molecular flexibility index (Phi) is 5.71. The van der Waals surface area contributed by atoms with Crippen LogP contribution in [0.4, 0.5) is 0 Å². The van der Waals surface area contributed by atoms with Crippen LogP contribution in [0.1, 0.15) is 57.1 Å². The predicted molar refractivity (Wildman–Crippen MR) is 94.0 cm³/mol. The van der Waals surface area contributed by atoms with E-state index in [9.17, 15) is 4.79 Å². The zero-order chi connectivity index (χ0) is 16.1. The normalized spacial score (nSPS) is 22.1. The molecule has 1 saturated carbocycles. The van der Waals surface area contributed by atoms with Gasteiger partial charge in [0.2, 0.25) is 5.91 Å². The van der Waals surface area contributed by atoms with Crippen molar-refractivity contribution in [3.8, 4) is 0 Å². The maximum Gasteiger partial charge on any atom is 0.223 e. The number of carbonyl (C=O) groups is 1. The van der Waals surface area contributed by atoms with E-state index in [-0.39, 0.29) is 17.9 Å². The van der Waals surface area contributed by atoms with Crippen molar-refractivity contribution >= 4 is 5.91 Å². The number of hydrogen-bond donors (Lipinski definition) is 2. The largest absolute Gasteiger partial charge is 0.349 e. The number of carbonyl (C=O) groups excluding carboxylic acids is 1. The molecule has 1 aliphatic heterocycles. The van der Waals surface area contributed by atoms with Gasteiger partial charge in [0, 0.05) is 5.92 Å². The summed E-state index contributed by atoms with van der Waals surface area (Å²) in [5.74, 6) is 1.59. The molecule has 1 aromatic carbocycles. The summed E-state index contributed by atoms with van der Waals surface area (Å²) in [7, 11) is 0. The molecule has 1 saturated heterocycles. The minimum atomic E-state index is 0.105. The lowest BCUT2D eigenvalue weighted by Crippen LogP contribution is -2.50. The Hall–Kier alpha value is -1.35. The molecule has 3 nitrogen and oxygen atoms in total. The van der Waals surface area contributed by atoms with Gasteiger partial charge in [0.15, 0.2) is 0 Å². The van der Waals surface area contributed by atoms with Gasteiger partial charge >= 0.3 is 0 Å². The highest BCUT2D eigenvalue weighted by Gasteiger charge is 2.30. The van der Waals surface area contributed by atoms with Crippen LogP contribution in [0.2, 0.25) is 0 Å². The molecule has 2 fully saturated rings. The molecular weight excluding hydrogens is 284 g/mol. The Bertz CT molecular complexity index is 492. The molecular formula is C20H30N2O. The van der Waals surface area contributed by atoms with Crippen LogP contribution in [-0.2, 0) is 4.79 Å². The van der Waals surface area contributed by atoms with Crippen LogP contribution in [0.25, 0.3) is 0 Å². The SMILES string of the molecule is CC(C(=O)NC(CC1CCCCC1)c1ccccc1)C1CNC1. The summed E-state index contributed by atoms with van der Waals surface area (Å²) in [6, 6.07) is 10.7. The van der Waals surface area contributed by atoms with E-state index in [1.165, 1.54) is 37.7 Å². The molecule has 2 aliphatic rings. The highest BCUT2D eigenvalue weighted by molar-refractivity contribution is 5.79. The first kappa shape index (κ1) is 16.5. The maximum absolute atomic E-state index is 12.7. The van der Waals surface area contributed by atoms with Crippen molar-refractivity contribution in [1.29, 1.82) is 0 Å². The van der Waals surface area contributed by atoms with Gasteiger partial charge in [-0.15, -0.1) is 0 Å². The molecule has 2 unspecified atom stereocenters. The van der Waals surface area contributed by atoms with E-state index >= 15 is 0 Å². The molecule has 3 rings (SSSR count). The van der Waals surface area contributed by atoms with E-state index in [1.54, 1.807) is 0 Å². The smallest absolute Gasteiger partial charge is 0.223 e. The lowest BCUT2D eigenvalue weighted by atomic mass is 9.82. The van der Waals surface area contributed by atoms with E-state index < -0.39 is 0 Å². The Morgan fingerprint density at radius 3 is 2.48 bits per heavy atom. The zero-order valence-corrected chi connectivity index (χ0v) is 14.3. The standard InChI is InChI=1S/C20H30N2O/c1-15(18-13-21-14-18)20(23)22-19(17-10-6-3-7-11-17)12-16-8-4-2-5-9-16/h3,6-7,10-11,15-16,18-19,21H,2,4-5,8-9,12-14H2,1H3,(H,22,23). The van der Waals surface area contributed by atoms with Crippen LogP contribution >= 0.6 is 0 Å². The van der Waals surface area contributed by atoms with E-state index in [0.29, 0.717) is 5.92 Å². The van der Waals surface area contributed by atoms with Crippen LogP contribution in [0.5, 0.6) is 0 Å². The summed E-state index contributed by atoms with van der Waals surface area (Å²) in [4.78, 5) is 12.7. The first-order chi connectivity index (χ1) is 11.2. The monoisotopic (exact) mass is 314 g/mol.